The van der Waals surface area contributed by atoms with Crippen LogP contribution >= 0.6 is 23.7 Å². The van der Waals surface area contributed by atoms with Crippen molar-refractivity contribution in [1.82, 2.24) is 4.31 Å². The first kappa shape index (κ1) is 19.2. The molecule has 2 rings (SSSR count). The largest absolute Gasteiger partial charge is 0.494 e. The van der Waals surface area contributed by atoms with Crippen LogP contribution in [0.2, 0.25) is 0 Å². The molecule has 22 heavy (non-hydrogen) atoms. The first-order valence-electron chi connectivity index (χ1n) is 6.43. The number of sulfonamides is 1. The predicted octanol–water partition coefficient (Wildman–Crippen LogP) is 1.08. The van der Waals surface area contributed by atoms with Crippen LogP contribution in [0, 0.1) is 0 Å². The predicted molar refractivity (Wildman–Crippen MR) is 85.4 cm³/mol. The molecule has 1 aromatic heterocycles. The quantitative estimate of drug-likeness (QED) is 0.778. The van der Waals surface area contributed by atoms with E-state index >= 15 is 0 Å². The van der Waals surface area contributed by atoms with Crippen LogP contribution in [0.5, 0.6) is 5.75 Å². The lowest BCUT2D eigenvalue weighted by Gasteiger charge is -2.22. The van der Waals surface area contributed by atoms with Crippen LogP contribution < -0.4 is 10.5 Å². The van der Waals surface area contributed by atoms with Crippen molar-refractivity contribution in [3.63, 3.8) is 0 Å². The fraction of sp³-hybridized carbons (Fsp3) is 0.583. The summed E-state index contributed by atoms with van der Waals surface area (Å²) in [5, 5.41) is 0. The van der Waals surface area contributed by atoms with Gasteiger partial charge in [-0.25, -0.2) is 13.2 Å². The Morgan fingerprint density at radius 2 is 2.18 bits per heavy atom. The molecule has 1 unspecified atom stereocenters. The van der Waals surface area contributed by atoms with E-state index < -0.39 is 16.0 Å². The standard InChI is InChI=1S/C12H18N2O5S2.ClH/c1-18-9-6-10(11(15)19-2)20-12(9)21(16,17)14-5-3-4-8(14)7-13;/h6,8H,3-5,7,13H2,1-2H3;1H. The van der Waals surface area contributed by atoms with Crippen LogP contribution in [-0.4, -0.2) is 52.0 Å². The number of esters is 1. The maximum atomic E-state index is 12.8. The van der Waals surface area contributed by atoms with Crippen molar-refractivity contribution < 1.29 is 22.7 Å². The van der Waals surface area contributed by atoms with Gasteiger partial charge in [0.25, 0.3) is 10.0 Å². The van der Waals surface area contributed by atoms with E-state index in [-0.39, 0.29) is 39.8 Å². The molecule has 2 N–H and O–H groups in total. The molecule has 1 fully saturated rings. The van der Waals surface area contributed by atoms with Crippen molar-refractivity contribution in [2.75, 3.05) is 27.3 Å². The monoisotopic (exact) mass is 370 g/mol. The highest BCUT2D eigenvalue weighted by Crippen LogP contribution is 2.38. The summed E-state index contributed by atoms with van der Waals surface area (Å²) in [6, 6.07) is 1.18. The Morgan fingerprint density at radius 3 is 2.73 bits per heavy atom. The molecule has 1 aliphatic heterocycles. The minimum Gasteiger partial charge on any atom is -0.494 e. The number of halogens is 1. The molecule has 0 bridgehead atoms. The minimum atomic E-state index is -3.72. The molecule has 1 aromatic rings. The van der Waals surface area contributed by atoms with Crippen LogP contribution in [0.25, 0.3) is 0 Å². The second-order valence-corrected chi connectivity index (χ2v) is 7.74. The summed E-state index contributed by atoms with van der Waals surface area (Å²) in [4.78, 5) is 11.8. The summed E-state index contributed by atoms with van der Waals surface area (Å²) in [6.45, 7) is 0.704. The molecule has 0 radical (unpaired) electrons. The Bertz CT molecular complexity index is 631. The van der Waals surface area contributed by atoms with Gasteiger partial charge in [0.15, 0.2) is 9.96 Å². The molecule has 0 saturated carbocycles. The molecule has 0 aliphatic carbocycles. The highest BCUT2D eigenvalue weighted by Gasteiger charge is 2.38. The fourth-order valence-electron chi connectivity index (χ4n) is 2.35. The van der Waals surface area contributed by atoms with E-state index in [1.165, 1.54) is 24.6 Å². The normalized spacial score (nSPS) is 18.8. The van der Waals surface area contributed by atoms with Crippen LogP contribution in [0.3, 0.4) is 0 Å². The number of hydrogen-bond acceptors (Lipinski definition) is 7. The summed E-state index contributed by atoms with van der Waals surface area (Å²) >= 11 is 0.853. The van der Waals surface area contributed by atoms with Crippen molar-refractivity contribution in [3.8, 4) is 5.75 Å². The van der Waals surface area contributed by atoms with Gasteiger partial charge in [-0.1, -0.05) is 0 Å². The average molecular weight is 371 g/mol. The van der Waals surface area contributed by atoms with Gasteiger partial charge in [-0.3, -0.25) is 0 Å². The number of nitrogens with two attached hydrogens (primary N) is 1. The maximum Gasteiger partial charge on any atom is 0.348 e. The molecule has 0 spiro atoms. The summed E-state index contributed by atoms with van der Waals surface area (Å²) in [5.74, 6) is -0.431. The Hall–Kier alpha value is -0.870. The molecule has 0 aromatic carbocycles. The molecule has 2 heterocycles. The van der Waals surface area contributed by atoms with Crippen molar-refractivity contribution in [3.05, 3.63) is 10.9 Å². The van der Waals surface area contributed by atoms with Crippen molar-refractivity contribution in [1.29, 1.82) is 0 Å². The van der Waals surface area contributed by atoms with Gasteiger partial charge in [-0.05, 0) is 12.8 Å². The van der Waals surface area contributed by atoms with E-state index in [1.807, 2.05) is 0 Å². The Morgan fingerprint density at radius 1 is 1.50 bits per heavy atom. The number of ether oxygens (including phenoxy) is 2. The highest BCUT2D eigenvalue weighted by atomic mass is 35.5. The summed E-state index contributed by atoms with van der Waals surface area (Å²) in [6.07, 6.45) is 1.52. The third-order valence-corrected chi connectivity index (χ3v) is 6.95. The average Bonchev–Trinajstić information content (AvgIpc) is 3.12. The second-order valence-electron chi connectivity index (χ2n) is 4.61. The van der Waals surface area contributed by atoms with Crippen molar-refractivity contribution >= 4 is 39.7 Å². The fourth-order valence-corrected chi connectivity index (χ4v) is 5.66. The van der Waals surface area contributed by atoms with Gasteiger partial charge in [-0.15, -0.1) is 23.7 Å². The van der Waals surface area contributed by atoms with E-state index in [0.717, 1.165) is 24.2 Å². The van der Waals surface area contributed by atoms with Gasteiger partial charge in [0.2, 0.25) is 0 Å². The third kappa shape index (κ3) is 3.38. The van der Waals surface area contributed by atoms with E-state index in [2.05, 4.69) is 4.74 Å². The number of rotatable bonds is 5. The van der Waals surface area contributed by atoms with Crippen molar-refractivity contribution in [2.24, 2.45) is 5.73 Å². The van der Waals surface area contributed by atoms with Crippen LogP contribution in [0.1, 0.15) is 22.5 Å². The van der Waals surface area contributed by atoms with Gasteiger partial charge >= 0.3 is 5.97 Å². The van der Waals surface area contributed by atoms with E-state index in [9.17, 15) is 13.2 Å². The third-order valence-electron chi connectivity index (χ3n) is 3.41. The van der Waals surface area contributed by atoms with Gasteiger partial charge in [0.05, 0.1) is 14.2 Å². The lowest BCUT2D eigenvalue weighted by molar-refractivity contribution is 0.0606. The molecule has 126 valence electrons. The van der Waals surface area contributed by atoms with Gasteiger partial charge in [-0.2, -0.15) is 4.31 Å². The number of thiophene rings is 1. The zero-order valence-electron chi connectivity index (χ0n) is 12.3. The number of methoxy groups -OCH3 is 2. The Labute approximate surface area is 139 Å². The second kappa shape index (κ2) is 7.60. The molecule has 7 nitrogen and oxygen atoms in total. The molecule has 1 aliphatic rings. The van der Waals surface area contributed by atoms with E-state index in [4.69, 9.17) is 10.5 Å². The van der Waals surface area contributed by atoms with E-state index in [1.54, 1.807) is 0 Å². The number of nitrogens with zero attached hydrogens (tertiary/aromatic N) is 1. The lowest BCUT2D eigenvalue weighted by atomic mass is 10.2. The molecule has 0 amide bonds. The molecule has 1 atom stereocenters. The molecule has 1 saturated heterocycles. The number of carbonyl (C=O) groups is 1. The summed E-state index contributed by atoms with van der Waals surface area (Å²) in [5.41, 5.74) is 5.64. The Balaban J connectivity index is 0.00000242. The number of carbonyl (C=O) groups excluding carboxylic acids is 1. The lowest BCUT2D eigenvalue weighted by Crippen LogP contribution is -2.39. The first-order valence-corrected chi connectivity index (χ1v) is 8.69. The highest BCUT2D eigenvalue weighted by molar-refractivity contribution is 7.91. The summed E-state index contributed by atoms with van der Waals surface area (Å²) < 4.78 is 36.6. The van der Waals surface area contributed by atoms with Crippen molar-refractivity contribution in [2.45, 2.75) is 23.1 Å². The Kier molecular flexibility index (Phi) is 6.63. The minimum absolute atomic E-state index is 0. The SMILES string of the molecule is COC(=O)c1cc(OC)c(S(=O)(=O)N2CCCC2CN)s1.Cl. The van der Waals surface area contributed by atoms with E-state index in [0.29, 0.717) is 6.54 Å². The molecular weight excluding hydrogens is 352 g/mol. The summed E-state index contributed by atoms with van der Waals surface area (Å²) in [7, 11) is -1.11. The smallest absolute Gasteiger partial charge is 0.348 e. The topological polar surface area (TPSA) is 98.9 Å². The van der Waals surface area contributed by atoms with Gasteiger partial charge in [0.1, 0.15) is 4.88 Å². The molecule has 10 heteroatoms. The zero-order valence-corrected chi connectivity index (χ0v) is 14.7. The first-order chi connectivity index (χ1) is 9.95. The maximum absolute atomic E-state index is 12.8. The molecular formula is C12H19ClN2O5S2. The van der Waals surface area contributed by atoms with Crippen LogP contribution in [0.4, 0.5) is 0 Å². The van der Waals surface area contributed by atoms with Crippen LogP contribution in [-0.2, 0) is 14.8 Å². The zero-order chi connectivity index (χ0) is 15.6. The van der Waals surface area contributed by atoms with Gasteiger partial charge in [0, 0.05) is 25.2 Å². The number of hydrogen-bond donors (Lipinski definition) is 1. The van der Waals surface area contributed by atoms with Crippen LogP contribution in [0.15, 0.2) is 10.3 Å². The van der Waals surface area contributed by atoms with Gasteiger partial charge < -0.3 is 15.2 Å².